The van der Waals surface area contributed by atoms with Crippen molar-refractivity contribution >= 4 is 23.8 Å². The van der Waals surface area contributed by atoms with E-state index in [9.17, 15) is 0 Å². The summed E-state index contributed by atoms with van der Waals surface area (Å²) in [4.78, 5) is 0. The van der Waals surface area contributed by atoms with E-state index in [0.29, 0.717) is 5.92 Å². The van der Waals surface area contributed by atoms with E-state index in [1.54, 1.807) is 0 Å². The van der Waals surface area contributed by atoms with E-state index in [-0.39, 0.29) is 0 Å². The minimum absolute atomic E-state index is 0.560. The number of rotatable bonds is 1. The molecule has 1 aliphatic carbocycles. The summed E-state index contributed by atoms with van der Waals surface area (Å²) in [6.07, 6.45) is 7.84. The van der Waals surface area contributed by atoms with Gasteiger partial charge in [0.2, 0.25) is 0 Å². The smallest absolute Gasteiger partial charge is 0.00561 e. The number of hydrogen-bond donors (Lipinski definition) is 0. The fraction of sp³-hybridized carbons (Fsp3) is 0.167. The molecule has 0 fully saturated rings. The highest BCUT2D eigenvalue weighted by atomic mass is 31.0. The molecule has 0 bridgehead atoms. The average Bonchev–Trinajstić information content (AvgIpc) is 2.21. The third-order valence-corrected chi connectivity index (χ3v) is 3.31. The van der Waals surface area contributed by atoms with Gasteiger partial charge in [-0.15, -0.1) is 18.5 Å². The van der Waals surface area contributed by atoms with Crippen LogP contribution in [0.15, 0.2) is 47.8 Å². The van der Waals surface area contributed by atoms with Crippen molar-refractivity contribution in [1.82, 2.24) is 0 Å². The van der Waals surface area contributed by atoms with Gasteiger partial charge in [-0.1, -0.05) is 42.5 Å². The van der Waals surface area contributed by atoms with E-state index < -0.39 is 0 Å². The van der Waals surface area contributed by atoms with Crippen LogP contribution in [0, 0.1) is 0 Å². The topological polar surface area (TPSA) is 0 Å². The van der Waals surface area contributed by atoms with Gasteiger partial charge >= 0.3 is 0 Å². The standard InChI is InChI=1S/C12H14P2/c13-11-5-1-9(2-6-11)10-3-7-12(14)8-4-10/h1-3,5-8,10H,4,13-14H2. The molecule has 0 saturated heterocycles. The molecule has 1 aliphatic rings. The second kappa shape index (κ2) is 4.39. The summed E-state index contributed by atoms with van der Waals surface area (Å²) in [5.41, 5.74) is 1.40. The Morgan fingerprint density at radius 3 is 2.36 bits per heavy atom. The van der Waals surface area contributed by atoms with Crippen molar-refractivity contribution in [2.75, 3.05) is 0 Å². The molecule has 72 valence electrons. The highest BCUT2D eigenvalue weighted by molar-refractivity contribution is 7.27. The van der Waals surface area contributed by atoms with Crippen molar-refractivity contribution in [3.8, 4) is 0 Å². The molecule has 2 heteroatoms. The first-order chi connectivity index (χ1) is 6.75. The zero-order valence-electron chi connectivity index (χ0n) is 7.98. The van der Waals surface area contributed by atoms with Crippen LogP contribution in [0.4, 0.5) is 0 Å². The van der Waals surface area contributed by atoms with Gasteiger partial charge in [-0.25, -0.2) is 0 Å². The van der Waals surface area contributed by atoms with Crippen LogP contribution >= 0.6 is 18.5 Å². The summed E-state index contributed by atoms with van der Waals surface area (Å²) in [5, 5.41) is 2.54. The summed E-state index contributed by atoms with van der Waals surface area (Å²) < 4.78 is 0. The SMILES string of the molecule is PC1=CCC(c2ccc(P)cc2)C=C1. The zero-order valence-corrected chi connectivity index (χ0v) is 10.3. The second-order valence-electron chi connectivity index (χ2n) is 3.57. The third kappa shape index (κ3) is 2.32. The molecular weight excluding hydrogens is 206 g/mol. The predicted octanol–water partition coefficient (Wildman–Crippen LogP) is 2.99. The van der Waals surface area contributed by atoms with E-state index in [0.717, 1.165) is 6.42 Å². The maximum absolute atomic E-state index is 2.74. The lowest BCUT2D eigenvalue weighted by atomic mass is 9.93. The molecule has 0 saturated carbocycles. The first-order valence-electron chi connectivity index (χ1n) is 4.75. The first kappa shape index (κ1) is 10.1. The van der Waals surface area contributed by atoms with Gasteiger partial charge in [0.05, 0.1) is 0 Å². The Balaban J connectivity index is 2.18. The van der Waals surface area contributed by atoms with E-state index in [1.807, 2.05) is 0 Å². The summed E-state index contributed by atoms with van der Waals surface area (Å²) in [7, 11) is 5.45. The zero-order chi connectivity index (χ0) is 9.97. The van der Waals surface area contributed by atoms with Crippen LogP contribution in [0.3, 0.4) is 0 Å². The lowest BCUT2D eigenvalue weighted by Crippen LogP contribution is -1.99. The van der Waals surface area contributed by atoms with Gasteiger partial charge in [-0.3, -0.25) is 0 Å². The summed E-state index contributed by atoms with van der Waals surface area (Å²) in [6.45, 7) is 0. The molecule has 14 heavy (non-hydrogen) atoms. The monoisotopic (exact) mass is 220 g/mol. The highest BCUT2D eigenvalue weighted by Crippen LogP contribution is 2.28. The fourth-order valence-corrected chi connectivity index (χ4v) is 2.07. The minimum atomic E-state index is 0.560. The Kier molecular flexibility index (Phi) is 3.16. The highest BCUT2D eigenvalue weighted by Gasteiger charge is 2.08. The van der Waals surface area contributed by atoms with E-state index >= 15 is 0 Å². The minimum Gasteiger partial charge on any atom is -0.106 e. The van der Waals surface area contributed by atoms with Crippen LogP contribution in [0.25, 0.3) is 0 Å². The first-order valence-corrected chi connectivity index (χ1v) is 5.90. The summed E-state index contributed by atoms with van der Waals surface area (Å²) in [5.74, 6) is 0.560. The molecule has 3 atom stereocenters. The lowest BCUT2D eigenvalue weighted by Gasteiger charge is -2.15. The summed E-state index contributed by atoms with van der Waals surface area (Å²) in [6, 6.07) is 8.71. The predicted molar refractivity (Wildman–Crippen MR) is 70.1 cm³/mol. The number of benzene rings is 1. The molecule has 0 N–H and O–H groups in total. The molecule has 0 radical (unpaired) electrons. The van der Waals surface area contributed by atoms with Gasteiger partial charge in [0, 0.05) is 5.92 Å². The van der Waals surface area contributed by atoms with Gasteiger partial charge in [-0.2, -0.15) is 0 Å². The quantitative estimate of drug-likeness (QED) is 0.638. The van der Waals surface area contributed by atoms with Crippen LogP contribution in [0.5, 0.6) is 0 Å². The third-order valence-electron chi connectivity index (χ3n) is 2.49. The van der Waals surface area contributed by atoms with Crippen LogP contribution in [-0.4, -0.2) is 0 Å². The van der Waals surface area contributed by atoms with Gasteiger partial charge in [0.15, 0.2) is 0 Å². The Hall–Kier alpha value is -0.440. The second-order valence-corrected chi connectivity index (χ2v) is 4.91. The maximum Gasteiger partial charge on any atom is 0.00561 e. The Morgan fingerprint density at radius 1 is 1.07 bits per heavy atom. The van der Waals surface area contributed by atoms with Gasteiger partial charge in [0.1, 0.15) is 0 Å². The van der Waals surface area contributed by atoms with E-state index in [4.69, 9.17) is 0 Å². The average molecular weight is 220 g/mol. The maximum atomic E-state index is 2.74. The molecule has 0 nitrogen and oxygen atoms in total. The van der Waals surface area contributed by atoms with Crippen LogP contribution in [-0.2, 0) is 0 Å². The van der Waals surface area contributed by atoms with E-state index in [1.165, 1.54) is 16.2 Å². The van der Waals surface area contributed by atoms with Crippen molar-refractivity contribution < 1.29 is 0 Å². The Bertz CT molecular complexity index is 374. The molecule has 1 aromatic rings. The lowest BCUT2D eigenvalue weighted by molar-refractivity contribution is 0.852. The fourth-order valence-electron chi connectivity index (χ4n) is 1.63. The van der Waals surface area contributed by atoms with Gasteiger partial charge < -0.3 is 0 Å². The van der Waals surface area contributed by atoms with Gasteiger partial charge in [-0.05, 0) is 22.6 Å². The largest absolute Gasteiger partial charge is 0.106 e. The molecule has 0 aromatic heterocycles. The van der Waals surface area contributed by atoms with Crippen LogP contribution in [0.1, 0.15) is 17.9 Å². The van der Waals surface area contributed by atoms with Crippen molar-refractivity contribution in [2.24, 2.45) is 0 Å². The molecule has 0 aliphatic heterocycles. The van der Waals surface area contributed by atoms with Crippen LogP contribution < -0.4 is 5.30 Å². The Morgan fingerprint density at radius 2 is 1.79 bits per heavy atom. The van der Waals surface area contributed by atoms with Crippen molar-refractivity contribution in [3.05, 3.63) is 53.4 Å². The normalized spacial score (nSPS) is 20.7. The molecule has 1 aromatic carbocycles. The number of allylic oxidation sites excluding steroid dienone is 4. The van der Waals surface area contributed by atoms with Crippen molar-refractivity contribution in [2.45, 2.75) is 12.3 Å². The molecule has 0 amide bonds. The molecule has 0 heterocycles. The van der Waals surface area contributed by atoms with Crippen LogP contribution in [0.2, 0.25) is 0 Å². The molecule has 3 unspecified atom stereocenters. The van der Waals surface area contributed by atoms with Crippen molar-refractivity contribution in [3.63, 3.8) is 0 Å². The Labute approximate surface area is 89.9 Å². The van der Waals surface area contributed by atoms with Gasteiger partial charge in [0.25, 0.3) is 0 Å². The molecule has 0 spiro atoms. The number of hydrogen-bond acceptors (Lipinski definition) is 0. The molecule has 2 rings (SSSR count). The summed E-state index contributed by atoms with van der Waals surface area (Å²) >= 11 is 0. The molecular formula is C12H14P2. The van der Waals surface area contributed by atoms with Crippen molar-refractivity contribution in [1.29, 1.82) is 0 Å². The van der Waals surface area contributed by atoms with E-state index in [2.05, 4.69) is 61.0 Å².